The van der Waals surface area contributed by atoms with E-state index in [2.05, 4.69) is 6.92 Å². The van der Waals surface area contributed by atoms with Gasteiger partial charge in [0, 0.05) is 12.2 Å². The normalized spacial score (nSPS) is 12.0. The first-order chi connectivity index (χ1) is 5.06. The van der Waals surface area contributed by atoms with Crippen molar-refractivity contribution in [1.82, 2.24) is 0 Å². The monoisotopic (exact) mass is 175 g/mol. The number of hydrogen-bond acceptors (Lipinski definition) is 2. The molecule has 3 heteroatoms. The number of rotatable bonds is 5. The Morgan fingerprint density at radius 1 is 1.00 bits per heavy atom. The van der Waals surface area contributed by atoms with Crippen LogP contribution in [0.15, 0.2) is 0 Å². The van der Waals surface area contributed by atoms with E-state index in [9.17, 15) is 0 Å². The predicted octanol–water partition coefficient (Wildman–Crippen LogP) is 2.34. The van der Waals surface area contributed by atoms with Gasteiger partial charge in [-0.1, -0.05) is 6.92 Å². The highest BCUT2D eigenvalue weighted by Gasteiger charge is 2.15. The molecule has 0 spiro atoms. The van der Waals surface area contributed by atoms with Gasteiger partial charge in [0.05, 0.1) is 0 Å². The lowest BCUT2D eigenvalue weighted by atomic mass is 10.5. The molecule has 2 nitrogen and oxygen atoms in total. The molecule has 0 aromatic carbocycles. The molecule has 67 valence electrons. The van der Waals surface area contributed by atoms with Gasteiger partial charge in [-0.15, -0.1) is 0 Å². The zero-order valence-corrected chi connectivity index (χ0v) is 9.18. The van der Waals surface area contributed by atoms with Gasteiger partial charge in [0.25, 0.3) is 0 Å². The molecule has 11 heavy (non-hydrogen) atoms. The molecule has 0 fully saturated rings. The van der Waals surface area contributed by atoms with Crippen molar-refractivity contribution < 1.29 is 8.85 Å². The van der Waals surface area contributed by atoms with Gasteiger partial charge in [0.15, 0.2) is 0 Å². The Kier molecular flexibility index (Phi) is 5.82. The van der Waals surface area contributed by atoms with Gasteiger partial charge >= 0.3 is 9.28 Å². The molecule has 0 aromatic rings. The van der Waals surface area contributed by atoms with Gasteiger partial charge in [0.2, 0.25) is 0 Å². The Balaban J connectivity index is 3.58. The first-order valence-electron chi connectivity index (χ1n) is 4.25. The lowest BCUT2D eigenvalue weighted by molar-refractivity contribution is 0.130. The van der Waals surface area contributed by atoms with E-state index in [1.165, 1.54) is 0 Å². The van der Waals surface area contributed by atoms with Crippen LogP contribution in [0, 0.1) is 0 Å². The second kappa shape index (κ2) is 5.74. The summed E-state index contributed by atoms with van der Waals surface area (Å²) in [6, 6.07) is 1.01. The number of hydrogen-bond donors (Lipinski definition) is 0. The smallest absolute Gasteiger partial charge is 0.384 e. The molecule has 0 amide bonds. The highest BCUT2D eigenvalue weighted by Crippen LogP contribution is 2.03. The van der Waals surface area contributed by atoms with E-state index in [0.717, 1.165) is 6.04 Å². The largest absolute Gasteiger partial charge is 0.391 e. The maximum absolute atomic E-state index is 5.59. The molecule has 0 aliphatic heterocycles. The lowest BCUT2D eigenvalue weighted by Gasteiger charge is -2.18. The fraction of sp³-hybridized carbons (Fsp3) is 1.00. The van der Waals surface area contributed by atoms with Crippen LogP contribution in [0.25, 0.3) is 0 Å². The van der Waals surface area contributed by atoms with Gasteiger partial charge in [0.1, 0.15) is 0 Å². The van der Waals surface area contributed by atoms with Crippen molar-refractivity contribution >= 4 is 9.28 Å². The lowest BCUT2D eigenvalue weighted by Crippen LogP contribution is -2.28. The van der Waals surface area contributed by atoms with Crippen molar-refractivity contribution in [3.63, 3.8) is 0 Å². The zero-order chi connectivity index (χ0) is 8.85. The van der Waals surface area contributed by atoms with Gasteiger partial charge in [-0.05, 0) is 33.7 Å². The van der Waals surface area contributed by atoms with Crippen molar-refractivity contribution in [2.45, 2.75) is 52.9 Å². The Morgan fingerprint density at radius 3 is 1.55 bits per heavy atom. The molecule has 0 rings (SSSR count). The summed E-state index contributed by atoms with van der Waals surface area (Å²) in [5.74, 6) is 0. The molecule has 0 unspecified atom stereocenters. The Morgan fingerprint density at radius 2 is 1.36 bits per heavy atom. The molecule has 0 heterocycles. The van der Waals surface area contributed by atoms with Gasteiger partial charge in [-0.3, -0.25) is 0 Å². The van der Waals surface area contributed by atoms with Gasteiger partial charge in [-0.2, -0.15) is 0 Å². The van der Waals surface area contributed by atoms with Crippen LogP contribution in [0.2, 0.25) is 6.04 Å². The molecule has 0 atom stereocenters. The molecule has 0 saturated heterocycles. The van der Waals surface area contributed by atoms with Crippen LogP contribution in [0.4, 0.5) is 0 Å². The van der Waals surface area contributed by atoms with Crippen molar-refractivity contribution in [2.75, 3.05) is 0 Å². The van der Waals surface area contributed by atoms with E-state index in [1.807, 2.05) is 27.7 Å². The maximum atomic E-state index is 5.59. The summed E-state index contributed by atoms with van der Waals surface area (Å²) in [4.78, 5) is 0. The molecule has 0 N–H and O–H groups in total. The molecule has 0 aromatic heterocycles. The molecule has 0 aliphatic rings. The Bertz CT molecular complexity index is 84.1. The first-order valence-corrected chi connectivity index (χ1v) is 5.77. The second-order valence-electron chi connectivity index (χ2n) is 3.06. The minimum atomic E-state index is -0.983. The summed E-state index contributed by atoms with van der Waals surface area (Å²) in [7, 11) is -0.983. The van der Waals surface area contributed by atoms with Crippen LogP contribution in [0.1, 0.15) is 34.6 Å². The highest BCUT2D eigenvalue weighted by atomic mass is 28.3. The SMILES string of the molecule is CC[Si](OC(C)C)OC(C)C. The summed E-state index contributed by atoms with van der Waals surface area (Å²) in [5, 5.41) is 0. The third-order valence-corrected chi connectivity index (χ3v) is 3.07. The predicted molar refractivity (Wildman–Crippen MR) is 48.7 cm³/mol. The second-order valence-corrected chi connectivity index (χ2v) is 4.98. The van der Waals surface area contributed by atoms with E-state index >= 15 is 0 Å². The standard InChI is InChI=1S/C8H19O2Si/c1-6-11(9-7(2)3)10-8(4)5/h7-8H,6H2,1-5H3. The molecule has 0 saturated carbocycles. The van der Waals surface area contributed by atoms with Crippen LogP contribution in [0.5, 0.6) is 0 Å². The summed E-state index contributed by atoms with van der Waals surface area (Å²) in [6.45, 7) is 10.3. The zero-order valence-electron chi connectivity index (χ0n) is 8.18. The molecule has 0 bridgehead atoms. The van der Waals surface area contributed by atoms with Crippen LogP contribution in [-0.2, 0) is 8.85 Å². The van der Waals surface area contributed by atoms with E-state index in [0.29, 0.717) is 12.2 Å². The average molecular weight is 175 g/mol. The Labute approximate surface area is 71.7 Å². The minimum Gasteiger partial charge on any atom is -0.391 e. The van der Waals surface area contributed by atoms with Gasteiger partial charge < -0.3 is 8.85 Å². The van der Waals surface area contributed by atoms with Crippen molar-refractivity contribution in [2.24, 2.45) is 0 Å². The summed E-state index contributed by atoms with van der Waals surface area (Å²) >= 11 is 0. The summed E-state index contributed by atoms with van der Waals surface area (Å²) in [6.07, 6.45) is 0.588. The highest BCUT2D eigenvalue weighted by molar-refractivity contribution is 6.44. The van der Waals surface area contributed by atoms with Crippen LogP contribution in [0.3, 0.4) is 0 Å². The van der Waals surface area contributed by atoms with E-state index in [-0.39, 0.29) is 0 Å². The van der Waals surface area contributed by atoms with E-state index < -0.39 is 9.28 Å². The van der Waals surface area contributed by atoms with Crippen molar-refractivity contribution in [3.05, 3.63) is 0 Å². The molecule has 0 aliphatic carbocycles. The third-order valence-electron chi connectivity index (χ3n) is 1.02. The quantitative estimate of drug-likeness (QED) is 0.597. The van der Waals surface area contributed by atoms with Crippen LogP contribution >= 0.6 is 0 Å². The summed E-state index contributed by atoms with van der Waals surface area (Å²) < 4.78 is 11.2. The topological polar surface area (TPSA) is 18.5 Å². The van der Waals surface area contributed by atoms with Crippen molar-refractivity contribution in [1.29, 1.82) is 0 Å². The minimum absolute atomic E-state index is 0.294. The Hall–Kier alpha value is 0.137. The average Bonchev–Trinajstić information content (AvgIpc) is 1.84. The summed E-state index contributed by atoms with van der Waals surface area (Å²) in [5.41, 5.74) is 0. The molecular formula is C8H19O2Si. The van der Waals surface area contributed by atoms with Crippen molar-refractivity contribution in [3.8, 4) is 0 Å². The fourth-order valence-corrected chi connectivity index (χ4v) is 2.16. The fourth-order valence-electron chi connectivity index (χ4n) is 0.720. The van der Waals surface area contributed by atoms with Gasteiger partial charge in [-0.25, -0.2) is 0 Å². The molecule has 1 radical (unpaired) electrons. The van der Waals surface area contributed by atoms with E-state index in [4.69, 9.17) is 8.85 Å². The van der Waals surface area contributed by atoms with Crippen LogP contribution in [-0.4, -0.2) is 21.5 Å². The first kappa shape index (κ1) is 11.1. The van der Waals surface area contributed by atoms with Crippen LogP contribution < -0.4 is 0 Å². The third kappa shape index (κ3) is 6.53. The molecular weight excluding hydrogens is 156 g/mol. The van der Waals surface area contributed by atoms with E-state index in [1.54, 1.807) is 0 Å². The maximum Gasteiger partial charge on any atom is 0.384 e.